The minimum atomic E-state index is 0.422. The minimum absolute atomic E-state index is 0.422. The summed E-state index contributed by atoms with van der Waals surface area (Å²) in [5.74, 6) is 2.36. The molecule has 3 heteroatoms. The highest BCUT2D eigenvalue weighted by Crippen LogP contribution is 2.20. The average molecular weight is 238 g/mol. The van der Waals surface area contributed by atoms with Crippen molar-refractivity contribution in [2.75, 3.05) is 11.5 Å². The van der Waals surface area contributed by atoms with Gasteiger partial charge in [0.15, 0.2) is 0 Å². The molecule has 0 saturated heterocycles. The van der Waals surface area contributed by atoms with Gasteiger partial charge in [-0.25, -0.2) is 9.97 Å². The lowest BCUT2D eigenvalue weighted by molar-refractivity contribution is 0.481. The fourth-order valence-corrected chi connectivity index (χ4v) is 2.44. The van der Waals surface area contributed by atoms with E-state index < -0.39 is 0 Å². The molecular formula is C13H22N2S. The number of aryl methyl sites for hydroxylation is 2. The predicted molar refractivity (Wildman–Crippen MR) is 71.9 cm³/mol. The van der Waals surface area contributed by atoms with Crippen LogP contribution in [0.3, 0.4) is 0 Å². The highest BCUT2D eigenvalue weighted by Gasteiger charge is 2.09. The fraction of sp³-hybridized carbons (Fsp3) is 0.692. The zero-order chi connectivity index (χ0) is 12.0. The lowest BCUT2D eigenvalue weighted by Crippen LogP contribution is -2.09. The van der Waals surface area contributed by atoms with E-state index in [1.54, 1.807) is 6.33 Å². The summed E-state index contributed by atoms with van der Waals surface area (Å²) in [6.07, 6.45) is 3.73. The summed E-state index contributed by atoms with van der Waals surface area (Å²) >= 11 is 2.01. The van der Waals surface area contributed by atoms with Crippen molar-refractivity contribution in [2.45, 2.75) is 40.5 Å². The molecule has 0 bridgehead atoms. The molecule has 0 fully saturated rings. The van der Waals surface area contributed by atoms with Gasteiger partial charge in [0.1, 0.15) is 6.33 Å². The van der Waals surface area contributed by atoms with Crippen molar-refractivity contribution in [3.05, 3.63) is 23.8 Å². The van der Waals surface area contributed by atoms with Crippen molar-refractivity contribution >= 4 is 11.8 Å². The molecule has 0 radical (unpaired) electrons. The molecule has 0 aliphatic carbocycles. The van der Waals surface area contributed by atoms with Crippen LogP contribution in [0.1, 0.15) is 39.1 Å². The van der Waals surface area contributed by atoms with E-state index in [1.807, 2.05) is 11.8 Å². The molecule has 0 aromatic carbocycles. The van der Waals surface area contributed by atoms with Gasteiger partial charge >= 0.3 is 0 Å². The number of nitrogens with zero attached hydrogens (tertiary/aromatic N) is 2. The Bertz CT molecular complexity index is 318. The van der Waals surface area contributed by atoms with Crippen LogP contribution in [0, 0.1) is 5.41 Å². The molecule has 0 spiro atoms. The molecule has 0 unspecified atom stereocenters. The van der Waals surface area contributed by atoms with Gasteiger partial charge in [0.2, 0.25) is 0 Å². The SMILES string of the molecule is CCc1cc(CCSCC(C)(C)C)ncn1. The van der Waals surface area contributed by atoms with Gasteiger partial charge in [-0.05, 0) is 35.8 Å². The van der Waals surface area contributed by atoms with E-state index in [-0.39, 0.29) is 0 Å². The molecule has 0 saturated carbocycles. The second-order valence-electron chi connectivity index (χ2n) is 5.22. The van der Waals surface area contributed by atoms with Crippen molar-refractivity contribution in [1.82, 2.24) is 9.97 Å². The van der Waals surface area contributed by atoms with Crippen molar-refractivity contribution < 1.29 is 0 Å². The van der Waals surface area contributed by atoms with E-state index in [0.29, 0.717) is 5.41 Å². The summed E-state index contributed by atoms with van der Waals surface area (Å²) in [5, 5.41) is 0. The first-order valence-corrected chi connectivity index (χ1v) is 7.04. The largest absolute Gasteiger partial charge is 0.241 e. The van der Waals surface area contributed by atoms with E-state index >= 15 is 0 Å². The molecule has 16 heavy (non-hydrogen) atoms. The lowest BCUT2D eigenvalue weighted by Gasteiger charge is -2.16. The molecule has 0 atom stereocenters. The fourth-order valence-electron chi connectivity index (χ4n) is 1.33. The van der Waals surface area contributed by atoms with Crippen LogP contribution in [0.15, 0.2) is 12.4 Å². The molecule has 1 aromatic rings. The Morgan fingerprint density at radius 3 is 2.50 bits per heavy atom. The third-order valence-electron chi connectivity index (χ3n) is 2.18. The van der Waals surface area contributed by atoms with Crippen LogP contribution in [0.4, 0.5) is 0 Å². The topological polar surface area (TPSA) is 25.8 Å². The Kier molecular flexibility index (Phi) is 5.26. The summed E-state index contributed by atoms with van der Waals surface area (Å²) in [7, 11) is 0. The molecule has 2 nitrogen and oxygen atoms in total. The van der Waals surface area contributed by atoms with Crippen LogP contribution < -0.4 is 0 Å². The number of hydrogen-bond acceptors (Lipinski definition) is 3. The van der Waals surface area contributed by atoms with Gasteiger partial charge in [0.05, 0.1) is 0 Å². The molecule has 0 N–H and O–H groups in total. The van der Waals surface area contributed by atoms with Crippen molar-refractivity contribution in [3.63, 3.8) is 0 Å². The predicted octanol–water partition coefficient (Wildman–Crippen LogP) is 3.36. The average Bonchev–Trinajstić information content (AvgIpc) is 2.23. The van der Waals surface area contributed by atoms with E-state index in [4.69, 9.17) is 0 Å². The smallest absolute Gasteiger partial charge is 0.115 e. The van der Waals surface area contributed by atoms with Gasteiger partial charge in [-0.2, -0.15) is 11.8 Å². The van der Waals surface area contributed by atoms with E-state index in [0.717, 1.165) is 24.3 Å². The highest BCUT2D eigenvalue weighted by atomic mass is 32.2. The second kappa shape index (κ2) is 6.24. The molecule has 90 valence electrons. The first kappa shape index (κ1) is 13.5. The summed E-state index contributed by atoms with van der Waals surface area (Å²) in [6, 6.07) is 2.12. The molecule has 1 aromatic heterocycles. The van der Waals surface area contributed by atoms with Gasteiger partial charge in [-0.3, -0.25) is 0 Å². The van der Waals surface area contributed by atoms with Crippen molar-refractivity contribution in [1.29, 1.82) is 0 Å². The zero-order valence-corrected chi connectivity index (χ0v) is 11.6. The van der Waals surface area contributed by atoms with Gasteiger partial charge in [-0.15, -0.1) is 0 Å². The van der Waals surface area contributed by atoms with Crippen molar-refractivity contribution in [3.8, 4) is 0 Å². The maximum absolute atomic E-state index is 4.30. The number of hydrogen-bond donors (Lipinski definition) is 0. The molecule has 0 amide bonds. The van der Waals surface area contributed by atoms with Gasteiger partial charge in [0.25, 0.3) is 0 Å². The Labute approximate surface area is 103 Å². The Morgan fingerprint density at radius 2 is 1.88 bits per heavy atom. The van der Waals surface area contributed by atoms with Crippen LogP contribution in [-0.2, 0) is 12.8 Å². The number of thioether (sulfide) groups is 1. The summed E-state index contributed by atoms with van der Waals surface area (Å²) in [5.41, 5.74) is 2.74. The second-order valence-corrected chi connectivity index (χ2v) is 6.32. The standard InChI is InChI=1S/C13H22N2S/c1-5-11-8-12(15-10-14-11)6-7-16-9-13(2,3)4/h8,10H,5-7,9H2,1-4H3. The van der Waals surface area contributed by atoms with Crippen LogP contribution >= 0.6 is 11.8 Å². The Balaban J connectivity index is 2.32. The van der Waals surface area contributed by atoms with E-state index in [2.05, 4.69) is 43.7 Å². The third-order valence-corrected chi connectivity index (χ3v) is 3.74. The van der Waals surface area contributed by atoms with Crippen LogP contribution in [0.5, 0.6) is 0 Å². The minimum Gasteiger partial charge on any atom is -0.241 e. The first-order valence-electron chi connectivity index (χ1n) is 5.89. The summed E-state index contributed by atoms with van der Waals surface area (Å²) in [6.45, 7) is 8.96. The zero-order valence-electron chi connectivity index (χ0n) is 10.8. The third kappa shape index (κ3) is 5.50. The number of aromatic nitrogens is 2. The maximum Gasteiger partial charge on any atom is 0.115 e. The van der Waals surface area contributed by atoms with Crippen molar-refractivity contribution in [2.24, 2.45) is 5.41 Å². The molecule has 0 aliphatic heterocycles. The lowest BCUT2D eigenvalue weighted by atomic mass is 10.0. The van der Waals surface area contributed by atoms with Gasteiger partial charge in [0, 0.05) is 11.4 Å². The Hall–Kier alpha value is -0.570. The molecule has 1 rings (SSSR count). The molecular weight excluding hydrogens is 216 g/mol. The quantitative estimate of drug-likeness (QED) is 0.736. The van der Waals surface area contributed by atoms with E-state index in [1.165, 1.54) is 11.4 Å². The van der Waals surface area contributed by atoms with Gasteiger partial charge in [-0.1, -0.05) is 27.7 Å². The van der Waals surface area contributed by atoms with Crippen LogP contribution in [-0.4, -0.2) is 21.5 Å². The maximum atomic E-state index is 4.30. The first-order chi connectivity index (χ1) is 7.51. The summed E-state index contributed by atoms with van der Waals surface area (Å²) < 4.78 is 0. The Morgan fingerprint density at radius 1 is 1.19 bits per heavy atom. The molecule has 0 aliphatic rings. The monoisotopic (exact) mass is 238 g/mol. The van der Waals surface area contributed by atoms with Crippen LogP contribution in [0.2, 0.25) is 0 Å². The highest BCUT2D eigenvalue weighted by molar-refractivity contribution is 7.99. The van der Waals surface area contributed by atoms with E-state index in [9.17, 15) is 0 Å². The summed E-state index contributed by atoms with van der Waals surface area (Å²) in [4.78, 5) is 8.50. The van der Waals surface area contributed by atoms with Crippen LogP contribution in [0.25, 0.3) is 0 Å². The normalized spacial score (nSPS) is 11.8. The van der Waals surface area contributed by atoms with Gasteiger partial charge < -0.3 is 0 Å². The molecule has 1 heterocycles. The number of rotatable bonds is 5.